The van der Waals surface area contributed by atoms with Gasteiger partial charge in [-0.25, -0.2) is 4.79 Å². The van der Waals surface area contributed by atoms with E-state index in [0.29, 0.717) is 5.58 Å². The van der Waals surface area contributed by atoms with Crippen molar-refractivity contribution in [2.75, 3.05) is 0 Å². The Bertz CT molecular complexity index is 1010. The van der Waals surface area contributed by atoms with Crippen LogP contribution in [0.2, 0.25) is 0 Å². The second kappa shape index (κ2) is 6.36. The smallest absolute Gasteiger partial charge is 0.349 e. The Morgan fingerprint density at radius 1 is 1.08 bits per heavy atom. The molecule has 1 saturated carbocycles. The lowest BCUT2D eigenvalue weighted by molar-refractivity contribution is 0.0924. The number of carbonyl (C=O) groups excluding carboxylic acids is 1. The number of amides is 1. The van der Waals surface area contributed by atoms with E-state index in [0.717, 1.165) is 47.4 Å². The highest BCUT2D eigenvalue weighted by molar-refractivity contribution is 6.07. The predicted molar refractivity (Wildman–Crippen MR) is 99.1 cm³/mol. The number of fused-ring (bicyclic) bond motifs is 3. The van der Waals surface area contributed by atoms with Crippen molar-refractivity contribution in [1.29, 1.82) is 0 Å². The average Bonchev–Trinajstić information content (AvgIpc) is 2.63. The van der Waals surface area contributed by atoms with Gasteiger partial charge in [0.05, 0.1) is 0 Å². The average molecular weight is 335 g/mol. The molecule has 1 heterocycles. The van der Waals surface area contributed by atoms with Crippen molar-refractivity contribution in [3.8, 4) is 0 Å². The summed E-state index contributed by atoms with van der Waals surface area (Å²) in [5, 5.41) is 5.73. The Labute approximate surface area is 145 Å². The molecule has 128 valence electrons. The van der Waals surface area contributed by atoms with E-state index in [4.69, 9.17) is 4.42 Å². The van der Waals surface area contributed by atoms with Crippen molar-refractivity contribution in [3.63, 3.8) is 0 Å². The van der Waals surface area contributed by atoms with Crippen molar-refractivity contribution in [2.24, 2.45) is 0 Å². The van der Waals surface area contributed by atoms with E-state index in [1.165, 1.54) is 6.42 Å². The first-order chi connectivity index (χ1) is 12.1. The summed E-state index contributed by atoms with van der Waals surface area (Å²) in [5.41, 5.74) is 1.15. The molecule has 25 heavy (non-hydrogen) atoms. The fourth-order valence-electron chi connectivity index (χ4n) is 3.81. The molecule has 4 rings (SSSR count). The third-order valence-electron chi connectivity index (χ3n) is 5.13. The maximum atomic E-state index is 12.6. The number of rotatable bonds is 2. The van der Waals surface area contributed by atoms with Crippen LogP contribution in [0.5, 0.6) is 0 Å². The van der Waals surface area contributed by atoms with Crippen LogP contribution in [0.15, 0.2) is 45.6 Å². The molecule has 0 atom stereocenters. The van der Waals surface area contributed by atoms with Crippen LogP contribution >= 0.6 is 0 Å². The molecule has 1 aliphatic carbocycles. The molecule has 0 spiro atoms. The van der Waals surface area contributed by atoms with E-state index in [9.17, 15) is 9.59 Å². The summed E-state index contributed by atoms with van der Waals surface area (Å²) in [6.45, 7) is 2.02. The lowest BCUT2D eigenvalue weighted by atomic mass is 9.95. The molecule has 4 heteroatoms. The van der Waals surface area contributed by atoms with E-state index in [-0.39, 0.29) is 17.5 Å². The van der Waals surface area contributed by atoms with Crippen molar-refractivity contribution in [3.05, 3.63) is 57.9 Å². The highest BCUT2D eigenvalue weighted by Crippen LogP contribution is 2.28. The summed E-state index contributed by atoms with van der Waals surface area (Å²) < 4.78 is 5.55. The standard InChI is InChI=1S/C21H21NO3/c1-13-11-14-12-18(20(23)22-15-7-3-2-4-8-15)21(24)25-19(14)17-10-6-5-9-16(13)17/h5-6,9-12,15H,2-4,7-8H2,1H3,(H,22,23). The van der Waals surface area contributed by atoms with Gasteiger partial charge in [-0.1, -0.05) is 43.5 Å². The number of benzene rings is 2. The van der Waals surface area contributed by atoms with Crippen LogP contribution < -0.4 is 10.9 Å². The zero-order valence-corrected chi connectivity index (χ0v) is 14.3. The molecule has 0 unspecified atom stereocenters. The molecule has 1 aliphatic rings. The topological polar surface area (TPSA) is 59.3 Å². The number of carbonyl (C=O) groups is 1. The van der Waals surface area contributed by atoms with Crippen LogP contribution in [0.25, 0.3) is 21.7 Å². The van der Waals surface area contributed by atoms with Gasteiger partial charge in [-0.05, 0) is 42.8 Å². The first-order valence-electron chi connectivity index (χ1n) is 8.90. The zero-order valence-electron chi connectivity index (χ0n) is 14.3. The van der Waals surface area contributed by atoms with E-state index in [2.05, 4.69) is 5.32 Å². The largest absolute Gasteiger partial charge is 0.421 e. The minimum Gasteiger partial charge on any atom is -0.421 e. The van der Waals surface area contributed by atoms with Gasteiger partial charge in [0, 0.05) is 16.8 Å². The normalized spacial score (nSPS) is 15.6. The summed E-state index contributed by atoms with van der Waals surface area (Å²) in [6, 6.07) is 11.6. The van der Waals surface area contributed by atoms with Gasteiger partial charge in [-0.2, -0.15) is 0 Å². The number of nitrogens with one attached hydrogen (secondary N) is 1. The fourth-order valence-corrected chi connectivity index (χ4v) is 3.81. The Morgan fingerprint density at radius 3 is 2.56 bits per heavy atom. The lowest BCUT2D eigenvalue weighted by Crippen LogP contribution is -2.38. The molecule has 4 nitrogen and oxygen atoms in total. The van der Waals surface area contributed by atoms with Crippen LogP contribution in [0, 0.1) is 6.92 Å². The van der Waals surface area contributed by atoms with Crippen molar-refractivity contribution < 1.29 is 9.21 Å². The van der Waals surface area contributed by atoms with Gasteiger partial charge in [-0.3, -0.25) is 4.79 Å². The van der Waals surface area contributed by atoms with E-state index < -0.39 is 5.63 Å². The van der Waals surface area contributed by atoms with Gasteiger partial charge < -0.3 is 9.73 Å². The van der Waals surface area contributed by atoms with Crippen LogP contribution in [-0.4, -0.2) is 11.9 Å². The molecular formula is C21H21NO3. The minimum absolute atomic E-state index is 0.0905. The Hall–Kier alpha value is -2.62. The maximum absolute atomic E-state index is 12.6. The second-order valence-electron chi connectivity index (χ2n) is 6.91. The highest BCUT2D eigenvalue weighted by Gasteiger charge is 2.20. The van der Waals surface area contributed by atoms with Gasteiger partial charge >= 0.3 is 5.63 Å². The van der Waals surface area contributed by atoms with Crippen LogP contribution in [0.3, 0.4) is 0 Å². The Kier molecular flexibility index (Phi) is 4.04. The zero-order chi connectivity index (χ0) is 17.4. The molecule has 0 saturated heterocycles. The first kappa shape index (κ1) is 15.9. The molecule has 2 aromatic carbocycles. The Balaban J connectivity index is 1.78. The molecule has 3 aromatic rings. The van der Waals surface area contributed by atoms with Gasteiger partial charge in [0.2, 0.25) is 0 Å². The monoisotopic (exact) mass is 335 g/mol. The van der Waals surface area contributed by atoms with Crippen LogP contribution in [0.1, 0.15) is 48.0 Å². The van der Waals surface area contributed by atoms with Crippen molar-refractivity contribution in [1.82, 2.24) is 5.32 Å². The molecule has 0 aliphatic heterocycles. The fraction of sp³-hybridized carbons (Fsp3) is 0.333. The van der Waals surface area contributed by atoms with Crippen LogP contribution in [-0.2, 0) is 0 Å². The summed E-state index contributed by atoms with van der Waals surface area (Å²) >= 11 is 0. The van der Waals surface area contributed by atoms with Gasteiger partial charge in [0.25, 0.3) is 5.91 Å². The van der Waals surface area contributed by atoms with E-state index >= 15 is 0 Å². The molecule has 1 fully saturated rings. The molecule has 1 aromatic heterocycles. The van der Waals surface area contributed by atoms with Crippen LogP contribution in [0.4, 0.5) is 0 Å². The van der Waals surface area contributed by atoms with Crippen molar-refractivity contribution in [2.45, 2.75) is 45.1 Å². The minimum atomic E-state index is -0.574. The third kappa shape index (κ3) is 2.93. The molecule has 0 bridgehead atoms. The Morgan fingerprint density at radius 2 is 1.80 bits per heavy atom. The molecule has 1 amide bonds. The predicted octanol–water partition coefficient (Wildman–Crippen LogP) is 4.32. The first-order valence-corrected chi connectivity index (χ1v) is 8.90. The highest BCUT2D eigenvalue weighted by atomic mass is 16.4. The number of hydrogen-bond acceptors (Lipinski definition) is 3. The molecular weight excluding hydrogens is 314 g/mol. The summed E-state index contributed by atoms with van der Waals surface area (Å²) in [5.74, 6) is -0.326. The van der Waals surface area contributed by atoms with Crippen molar-refractivity contribution >= 4 is 27.6 Å². The number of aryl methyl sites for hydroxylation is 1. The quantitative estimate of drug-likeness (QED) is 0.560. The summed E-state index contributed by atoms with van der Waals surface area (Å²) in [7, 11) is 0. The van der Waals surface area contributed by atoms with E-state index in [1.54, 1.807) is 6.07 Å². The third-order valence-corrected chi connectivity index (χ3v) is 5.13. The number of hydrogen-bond donors (Lipinski definition) is 1. The molecule has 1 N–H and O–H groups in total. The van der Waals surface area contributed by atoms with Gasteiger partial charge in [0.15, 0.2) is 0 Å². The second-order valence-corrected chi connectivity index (χ2v) is 6.91. The van der Waals surface area contributed by atoms with E-state index in [1.807, 2.05) is 37.3 Å². The molecule has 0 radical (unpaired) electrons. The summed E-state index contributed by atoms with van der Waals surface area (Å²) in [4.78, 5) is 25.0. The maximum Gasteiger partial charge on any atom is 0.349 e. The SMILES string of the molecule is Cc1cc2cc(C(=O)NC3CCCCC3)c(=O)oc2c2ccccc12. The lowest BCUT2D eigenvalue weighted by Gasteiger charge is -2.22. The van der Waals surface area contributed by atoms with Gasteiger partial charge in [-0.15, -0.1) is 0 Å². The van der Waals surface area contributed by atoms with Gasteiger partial charge in [0.1, 0.15) is 11.1 Å². The summed E-state index contributed by atoms with van der Waals surface area (Å²) in [6.07, 6.45) is 5.44.